The van der Waals surface area contributed by atoms with Gasteiger partial charge in [0, 0.05) is 12.6 Å². The van der Waals surface area contributed by atoms with E-state index in [0.29, 0.717) is 17.5 Å². The second-order valence-corrected chi connectivity index (χ2v) is 8.07. The Kier molecular flexibility index (Phi) is 6.37. The Morgan fingerprint density at radius 1 is 1.10 bits per heavy atom. The van der Waals surface area contributed by atoms with Crippen molar-refractivity contribution >= 4 is 16.9 Å². The highest BCUT2D eigenvalue weighted by Crippen LogP contribution is 2.26. The van der Waals surface area contributed by atoms with Gasteiger partial charge >= 0.3 is 0 Å². The molecule has 1 saturated heterocycles. The number of nitrogens with zero attached hydrogens (tertiary/aromatic N) is 1. The summed E-state index contributed by atoms with van der Waals surface area (Å²) in [5, 5.41) is 3.47. The van der Waals surface area contributed by atoms with Crippen LogP contribution in [0.15, 0.2) is 57.7 Å². The zero-order valence-corrected chi connectivity index (χ0v) is 18.0. The molecule has 1 aromatic heterocycles. The molecule has 1 aliphatic rings. The van der Waals surface area contributed by atoms with Crippen molar-refractivity contribution in [2.75, 3.05) is 26.7 Å². The number of nitrogens with one attached hydrogen (secondary N) is 1. The van der Waals surface area contributed by atoms with Crippen LogP contribution in [0.4, 0.5) is 0 Å². The molecular formula is C25H28N2O4. The number of amides is 1. The number of carbonyl (C=O) groups is 1. The van der Waals surface area contributed by atoms with Crippen molar-refractivity contribution < 1.29 is 13.9 Å². The van der Waals surface area contributed by atoms with Crippen LogP contribution in [-0.2, 0) is 0 Å². The van der Waals surface area contributed by atoms with Crippen LogP contribution < -0.4 is 15.5 Å². The molecule has 0 radical (unpaired) electrons. The summed E-state index contributed by atoms with van der Waals surface area (Å²) in [6.07, 6.45) is 3.54. The minimum Gasteiger partial charge on any atom is -0.497 e. The van der Waals surface area contributed by atoms with Crippen LogP contribution in [0.3, 0.4) is 0 Å². The van der Waals surface area contributed by atoms with Gasteiger partial charge in [-0.15, -0.1) is 0 Å². The van der Waals surface area contributed by atoms with Gasteiger partial charge in [-0.05, 0) is 62.7 Å². The Labute approximate surface area is 181 Å². The number of aryl methyl sites for hydroxylation is 1. The van der Waals surface area contributed by atoms with Gasteiger partial charge in [-0.2, -0.15) is 0 Å². The number of likely N-dealkylation sites (tertiary alicyclic amines) is 1. The maximum absolute atomic E-state index is 12.8. The highest BCUT2D eigenvalue weighted by molar-refractivity contribution is 5.93. The zero-order chi connectivity index (χ0) is 21.8. The average Bonchev–Trinajstić information content (AvgIpc) is 2.80. The van der Waals surface area contributed by atoms with Gasteiger partial charge in [-0.1, -0.05) is 30.2 Å². The quantitative estimate of drug-likeness (QED) is 0.651. The summed E-state index contributed by atoms with van der Waals surface area (Å²) in [5.41, 5.74) is 2.31. The first-order valence-corrected chi connectivity index (χ1v) is 10.8. The fourth-order valence-electron chi connectivity index (χ4n) is 4.17. The molecular weight excluding hydrogens is 392 g/mol. The largest absolute Gasteiger partial charge is 0.497 e. The molecule has 1 atom stereocenters. The van der Waals surface area contributed by atoms with E-state index < -0.39 is 0 Å². The molecule has 4 rings (SSSR count). The Morgan fingerprint density at radius 3 is 2.55 bits per heavy atom. The van der Waals surface area contributed by atoms with Crippen molar-refractivity contribution in [2.45, 2.75) is 32.2 Å². The standard InChI is InChI=1S/C25H28N2O4/c1-17-6-11-23-20(14-17)22(28)15-24(31-23)25(29)26-16-21(27-12-4-3-5-13-27)18-7-9-19(30-2)10-8-18/h6-11,14-15,21H,3-5,12-13,16H2,1-2H3,(H,26,29)/t21-/m0/s1. The Hall–Kier alpha value is -3.12. The van der Waals surface area contributed by atoms with Crippen LogP contribution in [-0.4, -0.2) is 37.6 Å². The topological polar surface area (TPSA) is 71.8 Å². The molecule has 0 unspecified atom stereocenters. The lowest BCUT2D eigenvalue weighted by Gasteiger charge is -2.35. The normalized spacial score (nSPS) is 15.5. The molecule has 162 valence electrons. The number of rotatable bonds is 6. The molecule has 2 aromatic carbocycles. The first-order chi connectivity index (χ1) is 15.0. The molecule has 0 aliphatic carbocycles. The maximum atomic E-state index is 12.8. The summed E-state index contributed by atoms with van der Waals surface area (Å²) in [6, 6.07) is 14.7. The van der Waals surface area contributed by atoms with Gasteiger partial charge in [0.2, 0.25) is 0 Å². The third-order valence-corrected chi connectivity index (χ3v) is 5.89. The first kappa shape index (κ1) is 21.1. The van der Waals surface area contributed by atoms with E-state index >= 15 is 0 Å². The van der Waals surface area contributed by atoms with Gasteiger partial charge < -0.3 is 14.5 Å². The molecule has 6 heteroatoms. The second kappa shape index (κ2) is 9.35. The Balaban J connectivity index is 1.54. The fourth-order valence-corrected chi connectivity index (χ4v) is 4.17. The molecule has 1 fully saturated rings. The molecule has 1 amide bonds. The van der Waals surface area contributed by atoms with E-state index in [2.05, 4.69) is 10.2 Å². The van der Waals surface area contributed by atoms with Crippen molar-refractivity contribution in [3.63, 3.8) is 0 Å². The number of carbonyl (C=O) groups excluding carboxylic acids is 1. The van der Waals surface area contributed by atoms with Crippen molar-refractivity contribution in [2.24, 2.45) is 0 Å². The number of benzene rings is 2. The number of ether oxygens (including phenoxy) is 1. The molecule has 2 heterocycles. The molecule has 0 saturated carbocycles. The lowest BCUT2D eigenvalue weighted by Crippen LogP contribution is -2.40. The van der Waals surface area contributed by atoms with Crippen LogP contribution >= 0.6 is 0 Å². The minimum atomic E-state index is -0.380. The second-order valence-electron chi connectivity index (χ2n) is 8.07. The number of piperidine rings is 1. The van der Waals surface area contributed by atoms with Crippen LogP contribution in [0.5, 0.6) is 5.75 Å². The van der Waals surface area contributed by atoms with Gasteiger partial charge in [0.1, 0.15) is 11.3 Å². The predicted molar refractivity (Wildman–Crippen MR) is 121 cm³/mol. The summed E-state index contributed by atoms with van der Waals surface area (Å²) < 4.78 is 11.0. The number of hydrogen-bond acceptors (Lipinski definition) is 5. The van der Waals surface area contributed by atoms with Gasteiger partial charge in [-0.25, -0.2) is 0 Å². The summed E-state index contributed by atoms with van der Waals surface area (Å²) in [5.74, 6) is 0.460. The molecule has 1 aliphatic heterocycles. The van der Waals surface area contributed by atoms with E-state index in [1.165, 1.54) is 12.5 Å². The van der Waals surface area contributed by atoms with E-state index in [1.54, 1.807) is 19.2 Å². The monoisotopic (exact) mass is 420 g/mol. The van der Waals surface area contributed by atoms with Crippen molar-refractivity contribution in [1.29, 1.82) is 0 Å². The summed E-state index contributed by atoms with van der Waals surface area (Å²) in [4.78, 5) is 27.7. The van der Waals surface area contributed by atoms with Crippen LogP contribution in [0, 0.1) is 6.92 Å². The van der Waals surface area contributed by atoms with Gasteiger partial charge in [0.15, 0.2) is 11.2 Å². The average molecular weight is 421 g/mol. The molecule has 0 spiro atoms. The van der Waals surface area contributed by atoms with Crippen LogP contribution in [0.25, 0.3) is 11.0 Å². The lowest BCUT2D eigenvalue weighted by molar-refractivity contribution is 0.0897. The van der Waals surface area contributed by atoms with Gasteiger partial charge in [0.05, 0.1) is 18.5 Å². The van der Waals surface area contributed by atoms with E-state index in [1.807, 2.05) is 37.3 Å². The molecule has 6 nitrogen and oxygen atoms in total. The predicted octanol–water partition coefficient (Wildman–Crippen LogP) is 4.07. The van der Waals surface area contributed by atoms with Crippen molar-refractivity contribution in [3.8, 4) is 5.75 Å². The Bertz CT molecular complexity index is 1110. The fraction of sp³-hybridized carbons (Fsp3) is 0.360. The first-order valence-electron chi connectivity index (χ1n) is 10.8. The molecule has 3 aromatic rings. The van der Waals surface area contributed by atoms with E-state index in [0.717, 1.165) is 42.8 Å². The number of hydrogen-bond donors (Lipinski definition) is 1. The maximum Gasteiger partial charge on any atom is 0.287 e. The van der Waals surface area contributed by atoms with Crippen LogP contribution in [0.2, 0.25) is 0 Å². The van der Waals surface area contributed by atoms with Crippen molar-refractivity contribution in [3.05, 3.63) is 75.6 Å². The van der Waals surface area contributed by atoms with Crippen molar-refractivity contribution in [1.82, 2.24) is 10.2 Å². The smallest absolute Gasteiger partial charge is 0.287 e. The molecule has 0 bridgehead atoms. The SMILES string of the molecule is COc1ccc([C@H](CNC(=O)c2cc(=O)c3cc(C)ccc3o2)N2CCCCC2)cc1. The van der Waals surface area contributed by atoms with Crippen LogP contribution in [0.1, 0.15) is 47.0 Å². The summed E-state index contributed by atoms with van der Waals surface area (Å²) in [6.45, 7) is 4.34. The van der Waals surface area contributed by atoms with E-state index in [-0.39, 0.29) is 23.1 Å². The zero-order valence-electron chi connectivity index (χ0n) is 18.0. The van der Waals surface area contributed by atoms with Gasteiger partial charge in [0.25, 0.3) is 5.91 Å². The molecule has 31 heavy (non-hydrogen) atoms. The highest BCUT2D eigenvalue weighted by Gasteiger charge is 2.24. The van der Waals surface area contributed by atoms with E-state index in [9.17, 15) is 9.59 Å². The minimum absolute atomic E-state index is 0.0356. The highest BCUT2D eigenvalue weighted by atomic mass is 16.5. The lowest BCUT2D eigenvalue weighted by atomic mass is 10.0. The number of fused-ring (bicyclic) bond motifs is 1. The van der Waals surface area contributed by atoms with E-state index in [4.69, 9.17) is 9.15 Å². The van der Waals surface area contributed by atoms with Gasteiger partial charge in [-0.3, -0.25) is 14.5 Å². The third-order valence-electron chi connectivity index (χ3n) is 5.89. The Morgan fingerprint density at radius 2 is 1.84 bits per heavy atom. The third kappa shape index (κ3) is 4.80. The summed E-state index contributed by atoms with van der Waals surface area (Å²) in [7, 11) is 1.65. The molecule has 1 N–H and O–H groups in total. The summed E-state index contributed by atoms with van der Waals surface area (Å²) >= 11 is 0. The number of methoxy groups -OCH3 is 1.